The lowest BCUT2D eigenvalue weighted by atomic mass is 10.1. The second kappa shape index (κ2) is 5.92. The van der Waals surface area contributed by atoms with Crippen LogP contribution in [0.4, 0.5) is 0 Å². The van der Waals surface area contributed by atoms with E-state index in [1.165, 1.54) is 0 Å². The Labute approximate surface area is 120 Å². The Morgan fingerprint density at radius 2 is 1.79 bits per heavy atom. The van der Waals surface area contributed by atoms with Crippen LogP contribution in [0.2, 0.25) is 0 Å². The smallest absolute Gasteiger partial charge is 0.257 e. The van der Waals surface area contributed by atoms with Gasteiger partial charge in [0.05, 0.1) is 11.3 Å². The van der Waals surface area contributed by atoms with Crippen molar-refractivity contribution in [2.24, 2.45) is 7.05 Å². The largest absolute Gasteiger partial charge is 0.335 e. The number of nitrogens with zero attached hydrogens (tertiary/aromatic N) is 3. The first-order chi connectivity index (χ1) is 8.40. The number of rotatable bonds is 1. The van der Waals surface area contributed by atoms with Gasteiger partial charge in [0.15, 0.2) is 0 Å². The number of hydrogen-bond donors (Lipinski definition) is 1. The van der Waals surface area contributed by atoms with Crippen molar-refractivity contribution in [3.63, 3.8) is 0 Å². The van der Waals surface area contributed by atoms with Gasteiger partial charge in [-0.05, 0) is 27.7 Å². The van der Waals surface area contributed by atoms with Gasteiger partial charge in [-0.2, -0.15) is 5.10 Å². The first-order valence-corrected chi connectivity index (χ1v) is 6.45. The lowest BCUT2D eigenvalue weighted by Gasteiger charge is -2.36. The molecule has 5 nitrogen and oxygen atoms in total. The van der Waals surface area contributed by atoms with E-state index in [0.717, 1.165) is 30.0 Å². The minimum atomic E-state index is 0. The number of carbonyl (C=O) groups excluding carboxylic acids is 1. The number of nitrogens with one attached hydrogen (secondary N) is 1. The van der Waals surface area contributed by atoms with E-state index in [-0.39, 0.29) is 18.3 Å². The van der Waals surface area contributed by atoms with Gasteiger partial charge in [-0.15, -0.1) is 12.4 Å². The molecular weight excluding hydrogens is 264 g/mol. The molecule has 1 aromatic rings. The average Bonchev–Trinajstić information content (AvgIpc) is 2.51. The zero-order valence-electron chi connectivity index (χ0n) is 12.2. The minimum absolute atomic E-state index is 0. The second-order valence-electron chi connectivity index (χ2n) is 5.35. The summed E-state index contributed by atoms with van der Waals surface area (Å²) in [6, 6.07) is 0.685. The molecule has 0 radical (unpaired) electrons. The molecule has 1 amide bonds. The summed E-state index contributed by atoms with van der Waals surface area (Å²) in [6.07, 6.45) is 0. The SMILES string of the molecule is Cc1nn(C)c(C)c1C(=O)N1CC(C)NC(C)C1.Cl. The first-order valence-electron chi connectivity index (χ1n) is 6.45. The number of aryl methyl sites for hydroxylation is 2. The molecule has 0 saturated carbocycles. The second-order valence-corrected chi connectivity index (χ2v) is 5.35. The van der Waals surface area contributed by atoms with Crippen LogP contribution in [0.25, 0.3) is 0 Å². The van der Waals surface area contributed by atoms with Crippen molar-refractivity contribution in [1.82, 2.24) is 20.0 Å². The van der Waals surface area contributed by atoms with E-state index in [9.17, 15) is 4.79 Å². The first kappa shape index (κ1) is 16.0. The van der Waals surface area contributed by atoms with Gasteiger partial charge in [0.2, 0.25) is 0 Å². The highest BCUT2D eigenvalue weighted by atomic mass is 35.5. The van der Waals surface area contributed by atoms with E-state index < -0.39 is 0 Å². The number of carbonyl (C=O) groups is 1. The molecular formula is C13H23ClN4O. The van der Waals surface area contributed by atoms with Crippen LogP contribution in [-0.2, 0) is 7.05 Å². The summed E-state index contributed by atoms with van der Waals surface area (Å²) in [4.78, 5) is 14.5. The lowest BCUT2D eigenvalue weighted by Crippen LogP contribution is -2.56. The van der Waals surface area contributed by atoms with Gasteiger partial charge in [0.1, 0.15) is 0 Å². The number of aromatic nitrogens is 2. The molecule has 0 aromatic carbocycles. The van der Waals surface area contributed by atoms with Crippen LogP contribution in [-0.4, -0.2) is 45.8 Å². The third-order valence-electron chi connectivity index (χ3n) is 3.57. The van der Waals surface area contributed by atoms with Gasteiger partial charge >= 0.3 is 0 Å². The molecule has 2 unspecified atom stereocenters. The maximum absolute atomic E-state index is 12.6. The highest BCUT2D eigenvalue weighted by Gasteiger charge is 2.28. The van der Waals surface area contributed by atoms with Crippen LogP contribution in [0.15, 0.2) is 0 Å². The summed E-state index contributed by atoms with van der Waals surface area (Å²) in [5.41, 5.74) is 2.52. The molecule has 1 aromatic heterocycles. The van der Waals surface area contributed by atoms with Crippen molar-refractivity contribution in [3.8, 4) is 0 Å². The van der Waals surface area contributed by atoms with Crippen molar-refractivity contribution < 1.29 is 4.79 Å². The Hall–Kier alpha value is -1.07. The molecule has 1 N–H and O–H groups in total. The zero-order chi connectivity index (χ0) is 13.4. The quantitative estimate of drug-likeness (QED) is 0.846. The summed E-state index contributed by atoms with van der Waals surface area (Å²) in [5.74, 6) is 0.110. The predicted octanol–water partition coefficient (Wildman–Crippen LogP) is 1.28. The molecule has 2 heterocycles. The van der Waals surface area contributed by atoms with Gasteiger partial charge in [-0.1, -0.05) is 0 Å². The van der Waals surface area contributed by atoms with Gasteiger partial charge in [0, 0.05) is 37.9 Å². The molecule has 0 bridgehead atoms. The molecule has 1 aliphatic rings. The minimum Gasteiger partial charge on any atom is -0.335 e. The fraction of sp³-hybridized carbons (Fsp3) is 0.692. The molecule has 1 saturated heterocycles. The molecule has 0 aliphatic carbocycles. The molecule has 1 aliphatic heterocycles. The summed E-state index contributed by atoms with van der Waals surface area (Å²) in [6.45, 7) is 9.59. The summed E-state index contributed by atoms with van der Waals surface area (Å²) >= 11 is 0. The molecule has 108 valence electrons. The molecule has 6 heteroatoms. The molecule has 0 spiro atoms. The summed E-state index contributed by atoms with van der Waals surface area (Å²) in [7, 11) is 1.88. The van der Waals surface area contributed by atoms with Crippen molar-refractivity contribution in [3.05, 3.63) is 17.0 Å². The fourth-order valence-corrected chi connectivity index (χ4v) is 2.73. The normalized spacial score (nSPS) is 23.1. The maximum Gasteiger partial charge on any atom is 0.257 e. The maximum atomic E-state index is 12.6. The van der Waals surface area contributed by atoms with Crippen LogP contribution in [0, 0.1) is 13.8 Å². The monoisotopic (exact) mass is 286 g/mol. The van der Waals surface area contributed by atoms with Crippen molar-refractivity contribution in [1.29, 1.82) is 0 Å². The number of amides is 1. The number of hydrogen-bond acceptors (Lipinski definition) is 3. The van der Waals surface area contributed by atoms with E-state index in [0.29, 0.717) is 12.1 Å². The van der Waals surface area contributed by atoms with E-state index in [2.05, 4.69) is 24.3 Å². The predicted molar refractivity (Wildman–Crippen MR) is 77.9 cm³/mol. The van der Waals surface area contributed by atoms with Crippen LogP contribution in [0.5, 0.6) is 0 Å². The van der Waals surface area contributed by atoms with Gasteiger partial charge < -0.3 is 10.2 Å². The van der Waals surface area contributed by atoms with Gasteiger partial charge in [-0.3, -0.25) is 9.48 Å². The van der Waals surface area contributed by atoms with Crippen LogP contribution < -0.4 is 5.32 Å². The van der Waals surface area contributed by atoms with E-state index in [4.69, 9.17) is 0 Å². The standard InChI is InChI=1S/C13H22N4O.ClH/c1-8-6-17(7-9(2)14-8)13(18)12-10(3)15-16(5)11(12)4;/h8-9,14H,6-7H2,1-5H3;1H. The molecule has 1 fully saturated rings. The van der Waals surface area contributed by atoms with E-state index in [1.807, 2.05) is 25.8 Å². The topological polar surface area (TPSA) is 50.2 Å². The third-order valence-corrected chi connectivity index (χ3v) is 3.57. The Bertz CT molecular complexity index is 461. The van der Waals surface area contributed by atoms with E-state index >= 15 is 0 Å². The highest BCUT2D eigenvalue weighted by Crippen LogP contribution is 2.16. The molecule has 19 heavy (non-hydrogen) atoms. The number of halogens is 1. The Morgan fingerprint density at radius 1 is 1.26 bits per heavy atom. The number of piperazine rings is 1. The summed E-state index contributed by atoms with van der Waals surface area (Å²) < 4.78 is 1.78. The third kappa shape index (κ3) is 3.09. The van der Waals surface area contributed by atoms with Gasteiger partial charge in [0.25, 0.3) is 5.91 Å². The average molecular weight is 287 g/mol. The van der Waals surface area contributed by atoms with E-state index in [1.54, 1.807) is 4.68 Å². The zero-order valence-corrected chi connectivity index (χ0v) is 13.0. The summed E-state index contributed by atoms with van der Waals surface area (Å²) in [5, 5.41) is 7.75. The van der Waals surface area contributed by atoms with Crippen molar-refractivity contribution >= 4 is 18.3 Å². The van der Waals surface area contributed by atoms with Crippen LogP contribution >= 0.6 is 12.4 Å². The van der Waals surface area contributed by atoms with Crippen molar-refractivity contribution in [2.75, 3.05) is 13.1 Å². The Morgan fingerprint density at radius 3 is 2.21 bits per heavy atom. The van der Waals surface area contributed by atoms with Crippen LogP contribution in [0.1, 0.15) is 35.6 Å². The molecule has 2 atom stereocenters. The Balaban J connectivity index is 0.00000180. The van der Waals surface area contributed by atoms with Gasteiger partial charge in [-0.25, -0.2) is 0 Å². The van der Waals surface area contributed by atoms with Crippen LogP contribution in [0.3, 0.4) is 0 Å². The lowest BCUT2D eigenvalue weighted by molar-refractivity contribution is 0.0672. The highest BCUT2D eigenvalue weighted by molar-refractivity contribution is 5.96. The molecule has 2 rings (SSSR count). The Kier molecular flexibility index (Phi) is 4.98. The fourth-order valence-electron chi connectivity index (χ4n) is 2.73. The van der Waals surface area contributed by atoms with Crippen molar-refractivity contribution in [2.45, 2.75) is 39.8 Å².